The van der Waals surface area contributed by atoms with Gasteiger partial charge in [0.1, 0.15) is 0 Å². The van der Waals surface area contributed by atoms with Crippen molar-refractivity contribution in [3.63, 3.8) is 0 Å². The average molecular weight is 184 g/mol. The zero-order valence-corrected chi connectivity index (χ0v) is 8.53. The average Bonchev–Trinajstić information content (AvgIpc) is 2.33. The fourth-order valence-electron chi connectivity index (χ4n) is 0.803. The molecule has 1 rings (SSSR count). The Morgan fingerprint density at radius 3 is 2.69 bits per heavy atom. The Morgan fingerprint density at radius 2 is 2.23 bits per heavy atom. The summed E-state index contributed by atoms with van der Waals surface area (Å²) in [6, 6.07) is 0. The van der Waals surface area contributed by atoms with Crippen LogP contribution in [0, 0.1) is 0 Å². The minimum absolute atomic E-state index is 0.178. The second kappa shape index (κ2) is 3.85. The predicted octanol–water partition coefficient (Wildman–Crippen LogP) is 0.635. The van der Waals surface area contributed by atoms with E-state index in [2.05, 4.69) is 15.8 Å². The molecule has 0 atom stereocenters. The van der Waals surface area contributed by atoms with Gasteiger partial charge in [-0.2, -0.15) is 5.48 Å². The van der Waals surface area contributed by atoms with Crippen LogP contribution in [0.1, 0.15) is 26.5 Å². The first-order valence-electron chi connectivity index (χ1n) is 4.23. The molecule has 0 aliphatic carbocycles. The van der Waals surface area contributed by atoms with Crippen LogP contribution in [0.2, 0.25) is 0 Å². The number of hydroxylamine groups is 1. The van der Waals surface area contributed by atoms with Crippen LogP contribution in [0.4, 0.5) is 0 Å². The van der Waals surface area contributed by atoms with Crippen LogP contribution in [-0.4, -0.2) is 20.6 Å². The van der Waals surface area contributed by atoms with E-state index in [4.69, 9.17) is 4.84 Å². The number of rotatable bonds is 3. The minimum atomic E-state index is -0.178. The number of aromatic nitrogens is 3. The second-order valence-corrected chi connectivity index (χ2v) is 3.92. The molecule has 1 aromatic heterocycles. The Labute approximate surface area is 78.0 Å². The van der Waals surface area contributed by atoms with Crippen molar-refractivity contribution in [2.75, 3.05) is 0 Å². The number of nitrogens with zero attached hydrogens (tertiary/aromatic N) is 3. The molecule has 13 heavy (non-hydrogen) atoms. The molecule has 1 aromatic rings. The van der Waals surface area contributed by atoms with Gasteiger partial charge in [0.15, 0.2) is 0 Å². The van der Waals surface area contributed by atoms with Crippen molar-refractivity contribution < 1.29 is 4.84 Å². The Morgan fingerprint density at radius 1 is 1.54 bits per heavy atom. The maximum Gasteiger partial charge on any atom is 0.0988 e. The van der Waals surface area contributed by atoms with E-state index in [1.165, 1.54) is 0 Å². The molecule has 0 saturated carbocycles. The van der Waals surface area contributed by atoms with Gasteiger partial charge >= 0.3 is 0 Å². The zero-order chi connectivity index (χ0) is 9.90. The van der Waals surface area contributed by atoms with Crippen molar-refractivity contribution >= 4 is 0 Å². The van der Waals surface area contributed by atoms with E-state index in [0.717, 1.165) is 5.69 Å². The Kier molecular flexibility index (Phi) is 3.00. The van der Waals surface area contributed by atoms with E-state index in [-0.39, 0.29) is 5.60 Å². The third kappa shape index (κ3) is 4.00. The van der Waals surface area contributed by atoms with Gasteiger partial charge in [0.05, 0.1) is 17.8 Å². The molecule has 5 nitrogen and oxygen atoms in total. The summed E-state index contributed by atoms with van der Waals surface area (Å²) in [6.45, 7) is 6.52. The van der Waals surface area contributed by atoms with E-state index in [1.807, 2.05) is 34.0 Å². The fraction of sp³-hybridized carbons (Fsp3) is 0.750. The number of nitrogens with one attached hydrogen (secondary N) is 1. The SMILES string of the molecule is Cn1cc(CNOC(C)(C)C)nn1. The molecule has 0 aliphatic rings. The molecule has 1 N–H and O–H groups in total. The highest BCUT2D eigenvalue weighted by Crippen LogP contribution is 2.03. The van der Waals surface area contributed by atoms with Gasteiger partial charge in [0, 0.05) is 13.2 Å². The van der Waals surface area contributed by atoms with Gasteiger partial charge in [0.2, 0.25) is 0 Å². The van der Waals surface area contributed by atoms with Crippen molar-refractivity contribution in [1.82, 2.24) is 20.5 Å². The summed E-state index contributed by atoms with van der Waals surface area (Å²) in [4.78, 5) is 5.32. The number of hydrogen-bond donors (Lipinski definition) is 1. The van der Waals surface area contributed by atoms with Gasteiger partial charge in [-0.05, 0) is 20.8 Å². The molecule has 0 radical (unpaired) electrons. The first-order valence-corrected chi connectivity index (χ1v) is 4.23. The zero-order valence-electron chi connectivity index (χ0n) is 8.53. The third-order valence-corrected chi connectivity index (χ3v) is 1.28. The van der Waals surface area contributed by atoms with Gasteiger partial charge in [-0.25, -0.2) is 0 Å². The smallest absolute Gasteiger partial charge is 0.0988 e. The summed E-state index contributed by atoms with van der Waals surface area (Å²) in [5.41, 5.74) is 3.53. The molecule has 0 unspecified atom stereocenters. The molecule has 74 valence electrons. The summed E-state index contributed by atoms with van der Waals surface area (Å²) < 4.78 is 1.66. The second-order valence-electron chi connectivity index (χ2n) is 3.92. The van der Waals surface area contributed by atoms with E-state index in [9.17, 15) is 0 Å². The summed E-state index contributed by atoms with van der Waals surface area (Å²) in [6.07, 6.45) is 1.85. The lowest BCUT2D eigenvalue weighted by Crippen LogP contribution is -2.28. The molecule has 0 aromatic carbocycles. The number of hydrogen-bond acceptors (Lipinski definition) is 4. The lowest BCUT2D eigenvalue weighted by molar-refractivity contribution is -0.0761. The summed E-state index contributed by atoms with van der Waals surface area (Å²) in [5.74, 6) is 0. The lowest BCUT2D eigenvalue weighted by Gasteiger charge is -2.18. The molecular weight excluding hydrogens is 168 g/mol. The van der Waals surface area contributed by atoms with Gasteiger partial charge < -0.3 is 0 Å². The van der Waals surface area contributed by atoms with Crippen LogP contribution in [0.5, 0.6) is 0 Å². The molecule has 5 heteroatoms. The molecule has 0 saturated heterocycles. The molecular formula is C8H16N4O. The normalized spacial score (nSPS) is 12.0. The standard InChI is InChI=1S/C8H16N4O/c1-8(2,3)13-9-5-7-6-12(4)11-10-7/h6,9H,5H2,1-4H3. The van der Waals surface area contributed by atoms with Crippen LogP contribution in [-0.2, 0) is 18.4 Å². The summed E-state index contributed by atoms with van der Waals surface area (Å²) >= 11 is 0. The monoisotopic (exact) mass is 184 g/mol. The van der Waals surface area contributed by atoms with Crippen molar-refractivity contribution in [3.05, 3.63) is 11.9 Å². The molecule has 0 aliphatic heterocycles. The topological polar surface area (TPSA) is 52.0 Å². The van der Waals surface area contributed by atoms with Crippen LogP contribution in [0.3, 0.4) is 0 Å². The fourth-order valence-corrected chi connectivity index (χ4v) is 0.803. The van der Waals surface area contributed by atoms with E-state index >= 15 is 0 Å². The highest BCUT2D eigenvalue weighted by atomic mass is 16.7. The first-order chi connectivity index (χ1) is 5.97. The highest BCUT2D eigenvalue weighted by molar-refractivity contribution is 4.89. The first kappa shape index (κ1) is 10.1. The maximum absolute atomic E-state index is 5.32. The highest BCUT2D eigenvalue weighted by Gasteiger charge is 2.10. The molecule has 0 bridgehead atoms. The Hall–Kier alpha value is -0.940. The molecule has 0 fully saturated rings. The molecule has 0 amide bonds. The number of aryl methyl sites for hydroxylation is 1. The third-order valence-electron chi connectivity index (χ3n) is 1.28. The quantitative estimate of drug-likeness (QED) is 0.700. The Bertz CT molecular complexity index is 263. The van der Waals surface area contributed by atoms with Crippen LogP contribution in [0.15, 0.2) is 6.20 Å². The van der Waals surface area contributed by atoms with Crippen molar-refractivity contribution in [1.29, 1.82) is 0 Å². The van der Waals surface area contributed by atoms with Gasteiger partial charge in [-0.15, -0.1) is 5.10 Å². The summed E-state index contributed by atoms with van der Waals surface area (Å²) in [5, 5.41) is 7.71. The van der Waals surface area contributed by atoms with Crippen molar-refractivity contribution in [2.45, 2.75) is 32.9 Å². The van der Waals surface area contributed by atoms with E-state index in [1.54, 1.807) is 4.68 Å². The largest absolute Gasteiger partial charge is 0.296 e. The van der Waals surface area contributed by atoms with Gasteiger partial charge in [-0.1, -0.05) is 5.21 Å². The molecule has 0 spiro atoms. The maximum atomic E-state index is 5.32. The van der Waals surface area contributed by atoms with Crippen LogP contribution < -0.4 is 5.48 Å². The van der Waals surface area contributed by atoms with Gasteiger partial charge in [-0.3, -0.25) is 9.52 Å². The lowest BCUT2D eigenvalue weighted by atomic mass is 10.2. The summed E-state index contributed by atoms with van der Waals surface area (Å²) in [7, 11) is 1.83. The van der Waals surface area contributed by atoms with E-state index < -0.39 is 0 Å². The van der Waals surface area contributed by atoms with Crippen LogP contribution >= 0.6 is 0 Å². The van der Waals surface area contributed by atoms with Crippen LogP contribution in [0.25, 0.3) is 0 Å². The van der Waals surface area contributed by atoms with Crippen molar-refractivity contribution in [3.8, 4) is 0 Å². The van der Waals surface area contributed by atoms with E-state index in [0.29, 0.717) is 6.54 Å². The van der Waals surface area contributed by atoms with Gasteiger partial charge in [0.25, 0.3) is 0 Å². The van der Waals surface area contributed by atoms with Crippen molar-refractivity contribution in [2.24, 2.45) is 7.05 Å². The molecule has 1 heterocycles. The predicted molar refractivity (Wildman–Crippen MR) is 48.7 cm³/mol. The Balaban J connectivity index is 2.28. The minimum Gasteiger partial charge on any atom is -0.296 e.